The Bertz CT molecular complexity index is 682. The monoisotopic (exact) mass is 341 g/mol. The molecule has 0 saturated carbocycles. The fraction of sp³-hybridized carbons (Fsp3) is 0.400. The molecule has 0 spiro atoms. The lowest BCUT2D eigenvalue weighted by Gasteiger charge is -2.33. The van der Waals surface area contributed by atoms with E-state index in [0.717, 1.165) is 44.5 Å². The topological polar surface area (TPSA) is 59.2 Å². The molecular weight excluding hydrogens is 317 g/mol. The number of aromatic nitrogens is 1. The minimum absolute atomic E-state index is 0.0243. The maximum Gasteiger partial charge on any atom is 0.166 e. The number of carbonyl (C=O) groups excluding carboxylic acids is 1. The Labute approximate surface area is 147 Å². The molecule has 1 aromatic heterocycles. The molecule has 2 aromatic rings. The summed E-state index contributed by atoms with van der Waals surface area (Å²) in [6.45, 7) is 2.57. The second-order valence-electron chi connectivity index (χ2n) is 6.77. The maximum atomic E-state index is 13.0. The smallest absolute Gasteiger partial charge is 0.166 e. The van der Waals surface area contributed by atoms with Gasteiger partial charge in [0.2, 0.25) is 0 Å². The number of ketones is 1. The number of likely N-dealkylation sites (tertiary alicyclic amines) is 1. The molecule has 0 bridgehead atoms. The molecular formula is C20H24FN3O. The third kappa shape index (κ3) is 4.94. The molecule has 2 N–H and O–H groups in total. The van der Waals surface area contributed by atoms with Crippen LogP contribution < -0.4 is 5.73 Å². The Balaban J connectivity index is 1.46. The molecule has 132 valence electrons. The predicted octanol–water partition coefficient (Wildman–Crippen LogP) is 2.69. The van der Waals surface area contributed by atoms with Crippen LogP contribution >= 0.6 is 0 Å². The van der Waals surface area contributed by atoms with E-state index < -0.39 is 0 Å². The number of carbonyl (C=O) groups is 1. The fourth-order valence-corrected chi connectivity index (χ4v) is 3.45. The zero-order chi connectivity index (χ0) is 17.6. The van der Waals surface area contributed by atoms with Crippen LogP contribution in [0.1, 0.15) is 28.8 Å². The first kappa shape index (κ1) is 17.7. The summed E-state index contributed by atoms with van der Waals surface area (Å²) in [6.07, 6.45) is 6.08. The van der Waals surface area contributed by atoms with Gasteiger partial charge in [-0.3, -0.25) is 9.78 Å². The molecule has 4 nitrogen and oxygen atoms in total. The lowest BCUT2D eigenvalue weighted by atomic mass is 9.88. The summed E-state index contributed by atoms with van der Waals surface area (Å²) in [5, 5.41) is 0. The van der Waals surface area contributed by atoms with Crippen molar-refractivity contribution in [3.63, 3.8) is 0 Å². The molecule has 0 aliphatic carbocycles. The molecule has 1 fully saturated rings. The minimum atomic E-state index is -0.311. The van der Waals surface area contributed by atoms with E-state index in [4.69, 9.17) is 5.73 Å². The van der Waals surface area contributed by atoms with Crippen molar-refractivity contribution in [2.24, 2.45) is 11.7 Å². The number of hydrogen-bond acceptors (Lipinski definition) is 4. The van der Waals surface area contributed by atoms with Crippen LogP contribution in [0.5, 0.6) is 0 Å². The van der Waals surface area contributed by atoms with Crippen molar-refractivity contribution in [1.29, 1.82) is 0 Å². The molecule has 2 heterocycles. The maximum absolute atomic E-state index is 13.0. The summed E-state index contributed by atoms with van der Waals surface area (Å²) in [5.41, 5.74) is 8.02. The highest BCUT2D eigenvalue weighted by Gasteiger charge is 2.26. The first-order chi connectivity index (χ1) is 12.1. The number of rotatable bonds is 6. The van der Waals surface area contributed by atoms with Gasteiger partial charge in [-0.1, -0.05) is 6.07 Å². The highest BCUT2D eigenvalue weighted by Crippen LogP contribution is 2.22. The van der Waals surface area contributed by atoms with Crippen molar-refractivity contribution in [2.75, 3.05) is 19.6 Å². The number of nitrogens with two attached hydrogens (primary N) is 1. The van der Waals surface area contributed by atoms with Crippen LogP contribution in [0.4, 0.5) is 4.39 Å². The molecule has 1 aliphatic rings. The molecule has 25 heavy (non-hydrogen) atoms. The van der Waals surface area contributed by atoms with Gasteiger partial charge in [0.05, 0.1) is 0 Å². The van der Waals surface area contributed by atoms with E-state index in [-0.39, 0.29) is 23.6 Å². The van der Waals surface area contributed by atoms with E-state index in [9.17, 15) is 9.18 Å². The van der Waals surface area contributed by atoms with Crippen molar-refractivity contribution in [2.45, 2.75) is 25.3 Å². The number of piperidine rings is 1. The number of pyridine rings is 1. The summed E-state index contributed by atoms with van der Waals surface area (Å²) < 4.78 is 13.0. The molecule has 1 atom stereocenters. The average molecular weight is 341 g/mol. The summed E-state index contributed by atoms with van der Waals surface area (Å²) in [5.74, 6) is -0.162. The zero-order valence-electron chi connectivity index (χ0n) is 14.3. The Morgan fingerprint density at radius 3 is 2.60 bits per heavy atom. The average Bonchev–Trinajstić information content (AvgIpc) is 2.63. The summed E-state index contributed by atoms with van der Waals surface area (Å²) in [4.78, 5) is 19.0. The van der Waals surface area contributed by atoms with Crippen molar-refractivity contribution in [3.8, 4) is 0 Å². The van der Waals surface area contributed by atoms with E-state index in [1.54, 1.807) is 18.3 Å². The van der Waals surface area contributed by atoms with Gasteiger partial charge in [-0.25, -0.2) is 4.39 Å². The summed E-state index contributed by atoms with van der Waals surface area (Å²) in [7, 11) is 0. The van der Waals surface area contributed by atoms with Gasteiger partial charge in [0, 0.05) is 36.5 Å². The number of hydrogen-bond donors (Lipinski definition) is 1. The van der Waals surface area contributed by atoms with Crippen molar-refractivity contribution >= 4 is 5.78 Å². The SMILES string of the molecule is N[C@H](Cc1cccnc1)CN1CCC(C(=O)c2ccc(F)cc2)CC1. The van der Waals surface area contributed by atoms with Crippen LogP contribution in [0.15, 0.2) is 48.8 Å². The van der Waals surface area contributed by atoms with Crippen LogP contribution in [0, 0.1) is 11.7 Å². The van der Waals surface area contributed by atoms with Gasteiger partial charge in [-0.05, 0) is 68.2 Å². The third-order valence-corrected chi connectivity index (χ3v) is 4.80. The van der Waals surface area contributed by atoms with E-state index in [0.29, 0.717) is 5.56 Å². The van der Waals surface area contributed by atoms with Crippen molar-refractivity contribution in [3.05, 3.63) is 65.7 Å². The Kier molecular flexibility index (Phi) is 5.89. The fourth-order valence-electron chi connectivity index (χ4n) is 3.45. The minimum Gasteiger partial charge on any atom is -0.326 e. The second-order valence-corrected chi connectivity index (χ2v) is 6.77. The first-order valence-corrected chi connectivity index (χ1v) is 8.78. The van der Waals surface area contributed by atoms with Crippen molar-refractivity contribution < 1.29 is 9.18 Å². The molecule has 0 unspecified atom stereocenters. The van der Waals surface area contributed by atoms with Gasteiger partial charge in [0.15, 0.2) is 5.78 Å². The molecule has 0 radical (unpaired) electrons. The highest BCUT2D eigenvalue weighted by molar-refractivity contribution is 5.97. The van der Waals surface area contributed by atoms with Gasteiger partial charge in [0.1, 0.15) is 5.82 Å². The van der Waals surface area contributed by atoms with Gasteiger partial charge in [-0.15, -0.1) is 0 Å². The van der Waals surface area contributed by atoms with Crippen LogP contribution in [-0.4, -0.2) is 41.3 Å². The van der Waals surface area contributed by atoms with Crippen LogP contribution in [0.3, 0.4) is 0 Å². The van der Waals surface area contributed by atoms with E-state index in [1.165, 1.54) is 12.1 Å². The molecule has 1 aliphatic heterocycles. The largest absolute Gasteiger partial charge is 0.326 e. The zero-order valence-corrected chi connectivity index (χ0v) is 14.3. The normalized spacial score (nSPS) is 17.4. The molecule has 0 amide bonds. The molecule has 5 heteroatoms. The first-order valence-electron chi connectivity index (χ1n) is 8.78. The Morgan fingerprint density at radius 2 is 1.96 bits per heavy atom. The standard InChI is InChI=1S/C20H24FN3O/c21-18-5-3-16(4-6-18)20(25)17-7-10-24(11-8-17)14-19(22)12-15-2-1-9-23-13-15/h1-6,9,13,17,19H,7-8,10-12,14,22H2/t19-/m1/s1. The van der Waals surface area contributed by atoms with Gasteiger partial charge < -0.3 is 10.6 Å². The number of nitrogens with zero attached hydrogens (tertiary/aromatic N) is 2. The van der Waals surface area contributed by atoms with E-state index >= 15 is 0 Å². The highest BCUT2D eigenvalue weighted by atomic mass is 19.1. The quantitative estimate of drug-likeness (QED) is 0.821. The lowest BCUT2D eigenvalue weighted by molar-refractivity contribution is 0.0836. The third-order valence-electron chi connectivity index (χ3n) is 4.80. The van der Waals surface area contributed by atoms with Crippen molar-refractivity contribution in [1.82, 2.24) is 9.88 Å². The number of benzene rings is 1. The second kappa shape index (κ2) is 8.32. The molecule has 1 saturated heterocycles. The van der Waals surface area contributed by atoms with Crippen LogP contribution in [0.25, 0.3) is 0 Å². The van der Waals surface area contributed by atoms with Crippen LogP contribution in [-0.2, 0) is 6.42 Å². The Hall–Kier alpha value is -2.11. The predicted molar refractivity (Wildman–Crippen MR) is 95.8 cm³/mol. The Morgan fingerprint density at radius 1 is 1.24 bits per heavy atom. The van der Waals surface area contributed by atoms with Gasteiger partial charge in [-0.2, -0.15) is 0 Å². The molecule has 3 rings (SSSR count). The number of halogens is 1. The van der Waals surface area contributed by atoms with Crippen LogP contribution in [0.2, 0.25) is 0 Å². The van der Waals surface area contributed by atoms with E-state index in [1.807, 2.05) is 18.3 Å². The lowest BCUT2D eigenvalue weighted by Crippen LogP contribution is -2.43. The van der Waals surface area contributed by atoms with Gasteiger partial charge in [0.25, 0.3) is 0 Å². The molecule has 1 aromatic carbocycles. The summed E-state index contributed by atoms with van der Waals surface area (Å²) >= 11 is 0. The number of Topliss-reactive ketones (excluding diaryl/α,β-unsaturated/α-hetero) is 1. The van der Waals surface area contributed by atoms with Gasteiger partial charge >= 0.3 is 0 Å². The summed E-state index contributed by atoms with van der Waals surface area (Å²) in [6, 6.07) is 9.88. The van der Waals surface area contributed by atoms with E-state index in [2.05, 4.69) is 9.88 Å².